The van der Waals surface area contributed by atoms with E-state index in [1.54, 1.807) is 104 Å². The maximum Gasteiger partial charge on any atom is 0.252 e. The molecule has 0 radical (unpaired) electrons. The lowest BCUT2D eigenvalue weighted by Crippen LogP contribution is -2.62. The third-order valence-corrected chi connectivity index (χ3v) is 15.1. The molecule has 0 spiro atoms. The second-order valence-corrected chi connectivity index (χ2v) is 26.1. The Balaban J connectivity index is 1.31. The van der Waals surface area contributed by atoms with Crippen molar-refractivity contribution in [1.82, 2.24) is 4.57 Å². The minimum absolute atomic E-state index is 0.0350. The minimum Gasteiger partial charge on any atom is -0.454 e. The van der Waals surface area contributed by atoms with Gasteiger partial charge in [-0.25, -0.2) is 0 Å². The molecule has 0 aliphatic carbocycles. The Kier molecular flexibility index (Phi) is 5.98. The number of nitrogens with zero attached hydrogens (tertiary/aromatic N) is 4. The number of aromatic nitrogens is 1. The standard InChI is InChI=1S/C74H73BN4O/c1-70(2,3)44-26-31-49(32-27-44)76(50-33-28-45(29-34-50)71(4,5)6)51-35-36-56-61(43-51)77(60-24-18-21-53-52-20-16-17-25-65(52)80-69(53)60)62-40-48(74(13,14)15)41-63-66(62)75(56)57-22-19-23-59-68(57)79(63)64-42-47(73(10,11)12)39-55-54-38-46(72(7,8)9)30-37-58(54)78(59)67(55)64/h16-43H,1-15H3/i16D,17D,18D,19D,20D,21D,22D,23D,24D,25D,26D,27D,28D,29D,30D,31D,32D,33D,34D,35D,36D,37D,38D,39D,40D,41D,42D,43D. The molecule has 0 bridgehead atoms. The van der Waals surface area contributed by atoms with Crippen molar-refractivity contribution in [3.63, 3.8) is 0 Å². The largest absolute Gasteiger partial charge is 0.454 e. The molecule has 0 atom stereocenters. The highest BCUT2D eigenvalue weighted by atomic mass is 16.3. The summed E-state index contributed by atoms with van der Waals surface area (Å²) in [5, 5.41) is -1.07. The molecule has 11 aromatic rings. The zero-order valence-corrected chi connectivity index (χ0v) is 47.3. The van der Waals surface area contributed by atoms with Crippen molar-refractivity contribution >= 4 is 118 Å². The smallest absolute Gasteiger partial charge is 0.252 e. The first kappa shape index (κ1) is 28.5. The lowest BCUT2D eigenvalue weighted by atomic mass is 9.33. The molecule has 0 unspecified atom stereocenters. The Morgan fingerprint density at radius 2 is 0.912 bits per heavy atom. The molecule has 2 aromatic heterocycles. The predicted molar refractivity (Wildman–Crippen MR) is 344 cm³/mol. The van der Waals surface area contributed by atoms with Gasteiger partial charge in [0.05, 0.1) is 72.2 Å². The van der Waals surface area contributed by atoms with Gasteiger partial charge in [0.15, 0.2) is 5.58 Å². The Hall–Kier alpha value is -7.96. The second-order valence-electron chi connectivity index (χ2n) is 26.1. The zero-order chi connectivity index (χ0) is 80.3. The Bertz CT molecular complexity index is 5960. The Morgan fingerprint density at radius 3 is 1.55 bits per heavy atom. The Labute approximate surface area is 512 Å². The van der Waals surface area contributed by atoms with E-state index in [2.05, 4.69) is 0 Å². The highest BCUT2D eigenvalue weighted by molar-refractivity contribution is 7.00. The van der Waals surface area contributed by atoms with Gasteiger partial charge >= 0.3 is 0 Å². The van der Waals surface area contributed by atoms with Crippen LogP contribution in [0.1, 0.15) is 170 Å². The summed E-state index contributed by atoms with van der Waals surface area (Å²) in [6.45, 7) is 23.2. The molecule has 398 valence electrons. The van der Waals surface area contributed by atoms with Crippen LogP contribution in [-0.4, -0.2) is 11.3 Å². The third kappa shape index (κ3) is 7.50. The predicted octanol–water partition coefficient (Wildman–Crippen LogP) is 19.0. The molecule has 5 heterocycles. The SMILES string of the molecule is [2H]c1c([2H])c2c3c(c1[2H])-n1c4c([2H])c([2H])c(C(C)(C)C)c([2H])c4c4c([2H])c(C(C)(C)C)c([2H])c(c41)N3c1c([2H])c(C(C)(C)C)c([2H])c3c1B2c1c([2H])c([2H])c(N(c2c([2H])c([2H])c(C(C)(C)C)c([2H])c2[2H])c2c([2H])c([2H])c(C(C)(C)C)c([2H])c2[2H])c([2H])c1N3c1c([2H])c([2H])c([2H])c2c1oc1c([2H])c([2H])c([2H])c([2H])c12. The summed E-state index contributed by atoms with van der Waals surface area (Å²) in [6.07, 6.45) is 0. The van der Waals surface area contributed by atoms with Crippen molar-refractivity contribution in [2.75, 3.05) is 14.7 Å². The van der Waals surface area contributed by atoms with Crippen LogP contribution in [0.4, 0.5) is 51.2 Å². The summed E-state index contributed by atoms with van der Waals surface area (Å²) in [5.41, 5.74) is -14.9. The van der Waals surface area contributed by atoms with Crippen molar-refractivity contribution in [3.05, 3.63) is 197 Å². The number of hydrogen-bond donors (Lipinski definition) is 0. The van der Waals surface area contributed by atoms with Gasteiger partial charge in [-0.3, -0.25) is 0 Å². The summed E-state index contributed by atoms with van der Waals surface area (Å²) >= 11 is 0. The number of fused-ring (bicyclic) bond motifs is 12. The molecule has 0 saturated heterocycles. The molecule has 3 aliphatic heterocycles. The van der Waals surface area contributed by atoms with Crippen LogP contribution >= 0.6 is 0 Å². The van der Waals surface area contributed by atoms with Crippen LogP contribution in [-0.2, 0) is 27.1 Å². The van der Waals surface area contributed by atoms with Crippen LogP contribution in [0, 0.1) is 0 Å². The summed E-state index contributed by atoms with van der Waals surface area (Å²) < 4.78 is 290. The first-order valence-electron chi connectivity index (χ1n) is 40.7. The van der Waals surface area contributed by atoms with E-state index in [0.717, 1.165) is 4.90 Å². The molecule has 0 amide bonds. The highest BCUT2D eigenvalue weighted by Gasteiger charge is 2.47. The average molecular weight is 1070 g/mol. The second kappa shape index (κ2) is 16.8. The molecular formula is C74H73BN4O. The van der Waals surface area contributed by atoms with Crippen molar-refractivity contribution in [2.24, 2.45) is 0 Å². The number of para-hydroxylation sites is 3. The molecule has 6 heteroatoms. The number of anilines is 9. The van der Waals surface area contributed by atoms with Gasteiger partial charge in [-0.15, -0.1) is 0 Å². The number of rotatable bonds is 4. The van der Waals surface area contributed by atoms with Gasteiger partial charge in [0.1, 0.15) is 5.58 Å². The van der Waals surface area contributed by atoms with E-state index in [1.165, 1.54) is 9.47 Å². The van der Waals surface area contributed by atoms with Crippen LogP contribution in [0.25, 0.3) is 49.4 Å². The van der Waals surface area contributed by atoms with Gasteiger partial charge in [-0.2, -0.15) is 0 Å². The van der Waals surface area contributed by atoms with Gasteiger partial charge < -0.3 is 23.7 Å². The van der Waals surface area contributed by atoms with E-state index in [4.69, 9.17) is 7.16 Å². The third-order valence-electron chi connectivity index (χ3n) is 15.1. The maximum atomic E-state index is 11.3. The normalized spacial score (nSPS) is 19.0. The van der Waals surface area contributed by atoms with Crippen LogP contribution < -0.4 is 31.1 Å². The van der Waals surface area contributed by atoms with Crippen molar-refractivity contribution in [1.29, 1.82) is 0 Å². The van der Waals surface area contributed by atoms with Crippen LogP contribution in [0.2, 0.25) is 0 Å². The monoisotopic (exact) mass is 1070 g/mol. The van der Waals surface area contributed by atoms with E-state index in [-0.39, 0.29) is 95.4 Å². The molecule has 0 N–H and O–H groups in total. The summed E-state index contributed by atoms with van der Waals surface area (Å²) in [4.78, 5) is 3.03. The van der Waals surface area contributed by atoms with Crippen molar-refractivity contribution in [2.45, 2.75) is 131 Å². The van der Waals surface area contributed by atoms with Gasteiger partial charge in [-0.05, 0) is 162 Å². The molecule has 0 saturated carbocycles. The zero-order valence-electron chi connectivity index (χ0n) is 75.3. The van der Waals surface area contributed by atoms with E-state index >= 15 is 0 Å². The average Bonchev–Trinajstić information content (AvgIpc) is 1.19. The molecule has 3 aliphatic rings. The fourth-order valence-corrected chi connectivity index (χ4v) is 10.8. The molecule has 14 rings (SSSR count). The van der Waals surface area contributed by atoms with Gasteiger partial charge in [0.2, 0.25) is 0 Å². The lowest BCUT2D eigenvalue weighted by molar-refractivity contribution is 0.590. The highest BCUT2D eigenvalue weighted by Crippen LogP contribution is 2.55. The first-order chi connectivity index (χ1) is 49.6. The van der Waals surface area contributed by atoms with Gasteiger partial charge in [-0.1, -0.05) is 182 Å². The fourth-order valence-electron chi connectivity index (χ4n) is 10.8. The molecule has 0 fully saturated rings. The number of hydrogen-bond acceptors (Lipinski definition) is 4. The molecule has 9 aromatic carbocycles. The van der Waals surface area contributed by atoms with Crippen molar-refractivity contribution in [3.8, 4) is 5.69 Å². The van der Waals surface area contributed by atoms with E-state index in [0.29, 0.717) is 4.90 Å². The topological polar surface area (TPSA) is 27.8 Å². The summed E-state index contributed by atoms with van der Waals surface area (Å²) in [6, 6.07) is -20.8. The Morgan fingerprint density at radius 1 is 0.388 bits per heavy atom. The van der Waals surface area contributed by atoms with Crippen LogP contribution in [0.3, 0.4) is 0 Å². The minimum atomic E-state index is -2.00. The fraction of sp³-hybridized carbons (Fsp3) is 0.270. The summed E-state index contributed by atoms with van der Waals surface area (Å²) in [7, 11) is 0. The lowest BCUT2D eigenvalue weighted by Gasteiger charge is -2.47. The first-order valence-corrected chi connectivity index (χ1v) is 26.7. The van der Waals surface area contributed by atoms with E-state index in [9.17, 15) is 35.6 Å². The van der Waals surface area contributed by atoms with Crippen LogP contribution in [0.5, 0.6) is 0 Å². The molecular weight excluding hydrogens is 972 g/mol. The number of benzene rings is 9. The van der Waals surface area contributed by atoms with Gasteiger partial charge in [0, 0.05) is 55.7 Å². The van der Waals surface area contributed by atoms with E-state index in [1.807, 2.05) is 0 Å². The quantitative estimate of drug-likeness (QED) is 0.164. The number of furan rings is 1. The summed E-state index contributed by atoms with van der Waals surface area (Å²) in [5.74, 6) is 0. The van der Waals surface area contributed by atoms with Crippen molar-refractivity contribution < 1.29 is 42.8 Å². The maximum absolute atomic E-state index is 11.3. The van der Waals surface area contributed by atoms with Gasteiger partial charge in [0.25, 0.3) is 6.71 Å². The molecule has 80 heavy (non-hydrogen) atoms. The molecule has 5 nitrogen and oxygen atoms in total. The van der Waals surface area contributed by atoms with E-state index < -0.39 is 252 Å². The van der Waals surface area contributed by atoms with Crippen LogP contribution in [0.15, 0.2) is 174 Å².